The Morgan fingerprint density at radius 3 is 2.53 bits per heavy atom. The smallest absolute Gasteiger partial charge is 0.256 e. The van der Waals surface area contributed by atoms with Gasteiger partial charge in [0.1, 0.15) is 11.6 Å². The Hall–Kier alpha value is -3.63. The fraction of sp³-hybridized carbons (Fsp3) is 0.423. The van der Waals surface area contributed by atoms with Gasteiger partial charge in [0, 0.05) is 38.7 Å². The van der Waals surface area contributed by atoms with E-state index in [1.807, 2.05) is 24.3 Å². The van der Waals surface area contributed by atoms with Crippen LogP contribution in [-0.2, 0) is 28.3 Å². The molecule has 10 nitrogen and oxygen atoms in total. The minimum atomic E-state index is -1.10. The standard InChI is InChI=1S/C26H29N5O5/c1-27-23(33)17-4-2-16(3-5-17)14-30-12-10-26(36,11-13-30)21-8-6-18-19(28-21)15-31(25(18)35)20-7-9-22(32)29-24(20)34/h2-6,8,20,36H,7,9-15H2,1H3,(H,27,33)(H,29,32,34). The topological polar surface area (TPSA) is 132 Å². The Kier molecular flexibility index (Phi) is 6.31. The molecule has 0 spiro atoms. The van der Waals surface area contributed by atoms with Gasteiger partial charge in [-0.1, -0.05) is 12.1 Å². The second kappa shape index (κ2) is 9.44. The highest BCUT2D eigenvalue weighted by Crippen LogP contribution is 2.34. The lowest BCUT2D eigenvalue weighted by molar-refractivity contribution is -0.136. The maximum Gasteiger partial charge on any atom is 0.256 e. The summed E-state index contributed by atoms with van der Waals surface area (Å²) in [6.07, 6.45) is 1.50. The first-order valence-corrected chi connectivity index (χ1v) is 12.2. The molecule has 2 fully saturated rings. The summed E-state index contributed by atoms with van der Waals surface area (Å²) in [5.41, 5.74) is 2.13. The molecule has 3 aliphatic heterocycles. The Morgan fingerprint density at radius 1 is 1.14 bits per heavy atom. The summed E-state index contributed by atoms with van der Waals surface area (Å²) in [6, 6.07) is 10.2. The van der Waals surface area contributed by atoms with Crippen molar-refractivity contribution in [1.82, 2.24) is 25.4 Å². The Labute approximate surface area is 208 Å². The van der Waals surface area contributed by atoms with Gasteiger partial charge >= 0.3 is 0 Å². The van der Waals surface area contributed by atoms with Crippen LogP contribution < -0.4 is 10.6 Å². The van der Waals surface area contributed by atoms with Crippen LogP contribution in [0, 0.1) is 0 Å². The van der Waals surface area contributed by atoms with E-state index >= 15 is 0 Å². The first-order valence-electron chi connectivity index (χ1n) is 12.2. The molecule has 4 amide bonds. The highest BCUT2D eigenvalue weighted by Gasteiger charge is 2.41. The van der Waals surface area contributed by atoms with Crippen molar-refractivity contribution in [3.63, 3.8) is 0 Å². The number of likely N-dealkylation sites (tertiary alicyclic amines) is 1. The molecule has 2 aromatic rings. The molecule has 10 heteroatoms. The van der Waals surface area contributed by atoms with Gasteiger partial charge in [0.15, 0.2) is 0 Å². The van der Waals surface area contributed by atoms with Crippen molar-refractivity contribution >= 4 is 23.6 Å². The van der Waals surface area contributed by atoms with Crippen molar-refractivity contribution in [2.24, 2.45) is 0 Å². The van der Waals surface area contributed by atoms with Crippen LogP contribution in [0.3, 0.4) is 0 Å². The van der Waals surface area contributed by atoms with E-state index in [1.54, 1.807) is 19.2 Å². The van der Waals surface area contributed by atoms with Gasteiger partial charge in [0.05, 0.1) is 23.5 Å². The lowest BCUT2D eigenvalue weighted by Crippen LogP contribution is -2.52. The number of imide groups is 1. The summed E-state index contributed by atoms with van der Waals surface area (Å²) in [4.78, 5) is 56.8. The number of carbonyl (C=O) groups is 4. The fourth-order valence-corrected chi connectivity index (χ4v) is 5.20. The Balaban J connectivity index is 1.23. The first-order chi connectivity index (χ1) is 17.3. The van der Waals surface area contributed by atoms with Gasteiger partial charge in [-0.3, -0.25) is 34.4 Å². The van der Waals surface area contributed by atoms with Crippen molar-refractivity contribution in [2.45, 2.75) is 50.4 Å². The number of aromatic nitrogens is 1. The number of fused-ring (bicyclic) bond motifs is 1. The SMILES string of the molecule is CNC(=O)c1ccc(CN2CCC(O)(c3ccc4c(n3)CN(C3CCC(=O)NC3=O)C4=O)CC2)cc1. The van der Waals surface area contributed by atoms with Crippen LogP contribution in [0.1, 0.15) is 63.4 Å². The molecular formula is C26H29N5O5. The highest BCUT2D eigenvalue weighted by molar-refractivity contribution is 6.05. The van der Waals surface area contributed by atoms with Gasteiger partial charge in [-0.15, -0.1) is 0 Å². The zero-order valence-electron chi connectivity index (χ0n) is 20.1. The molecule has 0 bridgehead atoms. The molecule has 0 aliphatic carbocycles. The summed E-state index contributed by atoms with van der Waals surface area (Å²) in [5, 5.41) is 16.3. The van der Waals surface area contributed by atoms with Gasteiger partial charge in [0.2, 0.25) is 11.8 Å². The van der Waals surface area contributed by atoms with Crippen molar-refractivity contribution < 1.29 is 24.3 Å². The number of nitrogens with one attached hydrogen (secondary N) is 2. The molecule has 1 aromatic carbocycles. The number of aliphatic hydroxyl groups is 1. The number of carbonyl (C=O) groups excluding carboxylic acids is 4. The average Bonchev–Trinajstić information content (AvgIpc) is 3.21. The Bertz CT molecular complexity index is 1220. The van der Waals surface area contributed by atoms with Crippen LogP contribution in [0.2, 0.25) is 0 Å². The van der Waals surface area contributed by atoms with Gasteiger partial charge in [-0.25, -0.2) is 0 Å². The molecule has 188 valence electrons. The minimum Gasteiger partial charge on any atom is -0.383 e. The third kappa shape index (κ3) is 4.49. The van der Waals surface area contributed by atoms with Crippen LogP contribution in [-0.4, -0.2) is 69.7 Å². The number of amides is 4. The van der Waals surface area contributed by atoms with Crippen LogP contribution in [0.15, 0.2) is 36.4 Å². The number of benzene rings is 1. The van der Waals surface area contributed by atoms with E-state index in [4.69, 9.17) is 0 Å². The van der Waals surface area contributed by atoms with Crippen LogP contribution in [0.5, 0.6) is 0 Å². The van der Waals surface area contributed by atoms with E-state index in [9.17, 15) is 24.3 Å². The first kappa shape index (κ1) is 24.1. The van der Waals surface area contributed by atoms with Gasteiger partial charge < -0.3 is 15.3 Å². The maximum atomic E-state index is 12.9. The minimum absolute atomic E-state index is 0.117. The van der Waals surface area contributed by atoms with E-state index in [-0.39, 0.29) is 30.7 Å². The lowest BCUT2D eigenvalue weighted by atomic mass is 9.87. The van der Waals surface area contributed by atoms with Crippen LogP contribution in [0.4, 0.5) is 0 Å². The van der Waals surface area contributed by atoms with E-state index in [0.717, 1.165) is 12.1 Å². The summed E-state index contributed by atoms with van der Waals surface area (Å²) in [7, 11) is 1.60. The lowest BCUT2D eigenvalue weighted by Gasteiger charge is -2.38. The molecule has 4 heterocycles. The number of piperidine rings is 2. The normalized spacial score (nSPS) is 21.8. The third-order valence-corrected chi connectivity index (χ3v) is 7.38. The van der Waals surface area contributed by atoms with Crippen molar-refractivity contribution in [3.8, 4) is 0 Å². The van der Waals surface area contributed by atoms with Gasteiger partial charge in [0.25, 0.3) is 11.8 Å². The number of rotatable bonds is 5. The number of hydrogen-bond acceptors (Lipinski definition) is 7. The van der Waals surface area contributed by atoms with Crippen molar-refractivity contribution in [2.75, 3.05) is 20.1 Å². The van der Waals surface area contributed by atoms with E-state index < -0.39 is 17.6 Å². The summed E-state index contributed by atoms with van der Waals surface area (Å²) >= 11 is 0. The number of hydrogen-bond donors (Lipinski definition) is 3. The van der Waals surface area contributed by atoms with E-state index in [2.05, 4.69) is 20.5 Å². The maximum absolute atomic E-state index is 12.9. The number of nitrogens with zero attached hydrogens (tertiary/aromatic N) is 3. The third-order valence-electron chi connectivity index (χ3n) is 7.38. The zero-order chi connectivity index (χ0) is 25.4. The van der Waals surface area contributed by atoms with Gasteiger partial charge in [-0.05, 0) is 49.1 Å². The second-order valence-corrected chi connectivity index (χ2v) is 9.67. The predicted molar refractivity (Wildman–Crippen MR) is 129 cm³/mol. The summed E-state index contributed by atoms with van der Waals surface area (Å²) < 4.78 is 0. The molecule has 5 rings (SSSR count). The monoisotopic (exact) mass is 491 g/mol. The average molecular weight is 492 g/mol. The molecule has 1 aromatic heterocycles. The van der Waals surface area contributed by atoms with Crippen LogP contribution in [0.25, 0.3) is 0 Å². The molecule has 2 saturated heterocycles. The Morgan fingerprint density at radius 2 is 1.86 bits per heavy atom. The quantitative estimate of drug-likeness (QED) is 0.524. The highest BCUT2D eigenvalue weighted by atomic mass is 16.3. The molecule has 0 radical (unpaired) electrons. The molecule has 3 N–H and O–H groups in total. The molecule has 1 unspecified atom stereocenters. The largest absolute Gasteiger partial charge is 0.383 e. The second-order valence-electron chi connectivity index (χ2n) is 9.67. The molecule has 1 atom stereocenters. The zero-order valence-corrected chi connectivity index (χ0v) is 20.1. The fourth-order valence-electron chi connectivity index (χ4n) is 5.20. The predicted octanol–water partition coefficient (Wildman–Crippen LogP) is 0.686. The molecule has 3 aliphatic rings. The van der Waals surface area contributed by atoms with E-state index in [1.165, 1.54) is 4.90 Å². The summed E-state index contributed by atoms with van der Waals surface area (Å²) in [5.74, 6) is -1.17. The van der Waals surface area contributed by atoms with Crippen LogP contribution >= 0.6 is 0 Å². The number of pyridine rings is 1. The molecule has 36 heavy (non-hydrogen) atoms. The molecule has 0 saturated carbocycles. The van der Waals surface area contributed by atoms with Crippen molar-refractivity contribution in [1.29, 1.82) is 0 Å². The molecular weight excluding hydrogens is 462 g/mol. The van der Waals surface area contributed by atoms with E-state index in [0.29, 0.717) is 54.9 Å². The van der Waals surface area contributed by atoms with Gasteiger partial charge in [-0.2, -0.15) is 0 Å². The summed E-state index contributed by atoms with van der Waals surface area (Å²) in [6.45, 7) is 2.25. The van der Waals surface area contributed by atoms with Crippen molar-refractivity contribution in [3.05, 3.63) is 64.5 Å².